The minimum absolute atomic E-state index is 0. The van der Waals surface area contributed by atoms with Crippen LogP contribution in [0, 0.1) is 0 Å². The summed E-state index contributed by atoms with van der Waals surface area (Å²) < 4.78 is 11.7. The zero-order chi connectivity index (χ0) is 21.7. The van der Waals surface area contributed by atoms with E-state index in [9.17, 15) is 4.79 Å². The number of thiazole rings is 1. The number of fused-ring (bicyclic) bond motifs is 1. The van der Waals surface area contributed by atoms with E-state index in [-0.39, 0.29) is 18.3 Å². The molecule has 168 valence electrons. The number of hydrogen-bond acceptors (Lipinski definition) is 6. The number of nitrogens with zero attached hydrogens (tertiary/aromatic N) is 3. The largest absolute Gasteiger partial charge is 0.496 e. The Morgan fingerprint density at radius 2 is 1.71 bits per heavy atom. The summed E-state index contributed by atoms with van der Waals surface area (Å²) in [5.74, 6) is 1.01. The van der Waals surface area contributed by atoms with Gasteiger partial charge in [0.2, 0.25) is 0 Å². The summed E-state index contributed by atoms with van der Waals surface area (Å²) in [5.41, 5.74) is 1.16. The first-order chi connectivity index (χ1) is 14.5. The van der Waals surface area contributed by atoms with Crippen molar-refractivity contribution >= 4 is 56.6 Å². The third-order valence-corrected chi connectivity index (χ3v) is 6.55. The molecule has 0 N–H and O–H groups in total. The summed E-state index contributed by atoms with van der Waals surface area (Å²) in [5, 5.41) is 1.17. The Hall–Kier alpha value is -2.06. The fourth-order valence-electron chi connectivity index (χ4n) is 3.25. The molecule has 0 radical (unpaired) electrons. The summed E-state index contributed by atoms with van der Waals surface area (Å²) >= 11 is 7.79. The molecule has 1 aromatic heterocycles. The van der Waals surface area contributed by atoms with E-state index in [1.165, 1.54) is 11.3 Å². The van der Waals surface area contributed by atoms with Crippen LogP contribution in [0.2, 0.25) is 5.02 Å². The fourth-order valence-corrected chi connectivity index (χ4v) is 4.53. The predicted octanol–water partition coefficient (Wildman–Crippen LogP) is 5.38. The highest BCUT2D eigenvalue weighted by molar-refractivity contribution is 7.23. The summed E-state index contributed by atoms with van der Waals surface area (Å²) in [6, 6.07) is 10.8. The highest BCUT2D eigenvalue weighted by atomic mass is 35.5. The van der Waals surface area contributed by atoms with E-state index in [0.29, 0.717) is 39.3 Å². The fraction of sp³-hybridized carbons (Fsp3) is 0.364. The maximum atomic E-state index is 13.6. The van der Waals surface area contributed by atoms with Crippen molar-refractivity contribution in [1.29, 1.82) is 0 Å². The molecule has 0 saturated carbocycles. The Kier molecular flexibility index (Phi) is 9.37. The Morgan fingerprint density at radius 3 is 2.35 bits per heavy atom. The first kappa shape index (κ1) is 25.2. The van der Waals surface area contributed by atoms with Crippen LogP contribution in [0.25, 0.3) is 10.2 Å². The molecule has 3 aromatic rings. The van der Waals surface area contributed by atoms with E-state index in [4.69, 9.17) is 26.1 Å². The van der Waals surface area contributed by atoms with Gasteiger partial charge in [-0.15, -0.1) is 12.4 Å². The van der Waals surface area contributed by atoms with Crippen molar-refractivity contribution in [3.63, 3.8) is 0 Å². The maximum Gasteiger partial charge on any atom is 0.263 e. The van der Waals surface area contributed by atoms with Gasteiger partial charge in [0, 0.05) is 13.1 Å². The van der Waals surface area contributed by atoms with Crippen LogP contribution >= 0.6 is 35.3 Å². The van der Waals surface area contributed by atoms with Crippen molar-refractivity contribution in [1.82, 2.24) is 9.88 Å². The van der Waals surface area contributed by atoms with Crippen LogP contribution in [0.1, 0.15) is 24.2 Å². The number of halogens is 2. The second kappa shape index (κ2) is 11.5. The molecular formula is C22H27Cl2N3O3S. The number of aromatic nitrogens is 1. The number of hydrogen-bond donors (Lipinski definition) is 0. The summed E-state index contributed by atoms with van der Waals surface area (Å²) in [7, 11) is 3.16. The molecule has 3 rings (SSSR count). The molecular weight excluding hydrogens is 457 g/mol. The molecule has 0 fully saturated rings. The third kappa shape index (κ3) is 5.41. The minimum atomic E-state index is -0.159. The number of para-hydroxylation sites is 1. The number of carbonyl (C=O) groups excluding carboxylic acids is 1. The van der Waals surface area contributed by atoms with Gasteiger partial charge in [-0.2, -0.15) is 0 Å². The molecule has 0 bridgehead atoms. The van der Waals surface area contributed by atoms with Gasteiger partial charge in [0.25, 0.3) is 5.91 Å². The number of amides is 1. The van der Waals surface area contributed by atoms with Gasteiger partial charge in [-0.25, -0.2) is 4.98 Å². The van der Waals surface area contributed by atoms with Gasteiger partial charge in [0.1, 0.15) is 17.0 Å². The normalized spacial score (nSPS) is 10.8. The van der Waals surface area contributed by atoms with Crippen molar-refractivity contribution in [2.75, 3.05) is 45.3 Å². The minimum Gasteiger partial charge on any atom is -0.496 e. The van der Waals surface area contributed by atoms with Crippen molar-refractivity contribution in [2.24, 2.45) is 0 Å². The molecule has 31 heavy (non-hydrogen) atoms. The average Bonchev–Trinajstić information content (AvgIpc) is 3.22. The Labute approximate surface area is 198 Å². The van der Waals surface area contributed by atoms with E-state index in [1.54, 1.807) is 43.4 Å². The van der Waals surface area contributed by atoms with Crippen LogP contribution in [0.15, 0.2) is 36.4 Å². The SMILES string of the molecule is CCN(CC)CCN(C(=O)c1ccccc1OC)c1nc2c(OC)ccc(Cl)c2s1.Cl. The molecule has 1 heterocycles. The quantitative estimate of drug-likeness (QED) is 0.408. The number of likely N-dealkylation sites (N-methyl/N-ethyl adjacent to an activating group) is 1. The number of carbonyl (C=O) groups is 1. The molecule has 0 saturated heterocycles. The van der Waals surface area contributed by atoms with Crippen LogP contribution < -0.4 is 14.4 Å². The summed E-state index contributed by atoms with van der Waals surface area (Å²) in [6.07, 6.45) is 0. The standard InChI is InChI=1S/C22H26ClN3O3S.ClH/c1-5-25(6-2)13-14-26(21(27)15-9-7-8-10-17(15)28-3)22-24-19-18(29-4)12-11-16(23)20(19)30-22;/h7-12H,5-6,13-14H2,1-4H3;1H. The number of anilines is 1. The Balaban J connectivity index is 0.00000341. The second-order valence-corrected chi connectivity index (χ2v) is 7.99. The molecule has 0 atom stereocenters. The third-order valence-electron chi connectivity index (χ3n) is 5.01. The number of methoxy groups -OCH3 is 2. The van der Waals surface area contributed by atoms with Crippen molar-refractivity contribution in [2.45, 2.75) is 13.8 Å². The zero-order valence-corrected chi connectivity index (χ0v) is 20.4. The number of rotatable bonds is 9. The molecule has 6 nitrogen and oxygen atoms in total. The highest BCUT2D eigenvalue weighted by Gasteiger charge is 2.25. The van der Waals surface area contributed by atoms with Crippen LogP contribution in [-0.2, 0) is 0 Å². The first-order valence-electron chi connectivity index (χ1n) is 9.84. The number of benzene rings is 2. The van der Waals surface area contributed by atoms with Gasteiger partial charge in [-0.1, -0.05) is 48.9 Å². The lowest BCUT2D eigenvalue weighted by atomic mass is 10.1. The lowest BCUT2D eigenvalue weighted by Crippen LogP contribution is -2.39. The molecule has 0 aliphatic heterocycles. The predicted molar refractivity (Wildman–Crippen MR) is 131 cm³/mol. The van der Waals surface area contributed by atoms with Gasteiger partial charge >= 0.3 is 0 Å². The van der Waals surface area contributed by atoms with Gasteiger partial charge < -0.3 is 14.4 Å². The van der Waals surface area contributed by atoms with Gasteiger partial charge in [0.15, 0.2) is 5.13 Å². The van der Waals surface area contributed by atoms with E-state index in [1.807, 2.05) is 12.1 Å². The molecule has 0 unspecified atom stereocenters. The number of ether oxygens (including phenoxy) is 2. The van der Waals surface area contributed by atoms with E-state index >= 15 is 0 Å². The van der Waals surface area contributed by atoms with E-state index < -0.39 is 0 Å². The molecule has 0 aliphatic carbocycles. The van der Waals surface area contributed by atoms with Crippen LogP contribution in [0.4, 0.5) is 5.13 Å². The van der Waals surface area contributed by atoms with Crippen LogP contribution in [0.3, 0.4) is 0 Å². The topological polar surface area (TPSA) is 54.9 Å². The Morgan fingerprint density at radius 1 is 1.03 bits per heavy atom. The van der Waals surface area contributed by atoms with E-state index in [2.05, 4.69) is 18.7 Å². The average molecular weight is 484 g/mol. The van der Waals surface area contributed by atoms with Crippen LogP contribution in [0.5, 0.6) is 11.5 Å². The summed E-state index contributed by atoms with van der Waals surface area (Å²) in [4.78, 5) is 22.3. The molecule has 1 amide bonds. The lowest BCUT2D eigenvalue weighted by molar-refractivity contribution is 0.0981. The maximum absolute atomic E-state index is 13.6. The smallest absolute Gasteiger partial charge is 0.263 e. The van der Waals surface area contributed by atoms with Crippen molar-refractivity contribution < 1.29 is 14.3 Å². The van der Waals surface area contributed by atoms with Crippen molar-refractivity contribution in [3.8, 4) is 11.5 Å². The summed E-state index contributed by atoms with van der Waals surface area (Å²) in [6.45, 7) is 7.27. The monoisotopic (exact) mass is 483 g/mol. The molecule has 0 spiro atoms. The van der Waals surface area contributed by atoms with Crippen LogP contribution in [-0.4, -0.2) is 56.2 Å². The van der Waals surface area contributed by atoms with Crippen molar-refractivity contribution in [3.05, 3.63) is 47.0 Å². The van der Waals surface area contributed by atoms with Gasteiger partial charge in [-0.05, 0) is 37.4 Å². The van der Waals surface area contributed by atoms with Gasteiger partial charge in [0.05, 0.1) is 29.5 Å². The second-order valence-electron chi connectivity index (χ2n) is 6.61. The molecule has 0 aliphatic rings. The van der Waals surface area contributed by atoms with Gasteiger partial charge in [-0.3, -0.25) is 9.69 Å². The van der Waals surface area contributed by atoms with E-state index in [0.717, 1.165) is 24.3 Å². The first-order valence-corrected chi connectivity index (χ1v) is 11.0. The lowest BCUT2D eigenvalue weighted by Gasteiger charge is -2.25. The molecule has 9 heteroatoms. The zero-order valence-electron chi connectivity index (χ0n) is 18.1. The molecule has 2 aromatic carbocycles. The Bertz CT molecular complexity index is 1020. The highest BCUT2D eigenvalue weighted by Crippen LogP contribution is 2.39.